The first-order valence-corrected chi connectivity index (χ1v) is 8.45. The van der Waals surface area contributed by atoms with Gasteiger partial charge in [-0.2, -0.15) is 5.10 Å². The van der Waals surface area contributed by atoms with Gasteiger partial charge in [0.15, 0.2) is 0 Å². The summed E-state index contributed by atoms with van der Waals surface area (Å²) in [5, 5.41) is 14.2. The molecule has 1 N–H and O–H groups in total. The molecule has 2 heterocycles. The van der Waals surface area contributed by atoms with E-state index in [1.54, 1.807) is 0 Å². The highest BCUT2D eigenvalue weighted by Crippen LogP contribution is 2.28. The van der Waals surface area contributed by atoms with Crippen LogP contribution in [0.5, 0.6) is 0 Å². The second-order valence-electron chi connectivity index (χ2n) is 7.61. The van der Waals surface area contributed by atoms with E-state index in [0.29, 0.717) is 12.5 Å². The summed E-state index contributed by atoms with van der Waals surface area (Å²) in [6.45, 7) is 9.90. The van der Waals surface area contributed by atoms with Crippen LogP contribution in [0.2, 0.25) is 0 Å². The quantitative estimate of drug-likeness (QED) is 0.943. The molecule has 1 unspecified atom stereocenters. The Balaban J connectivity index is 1.88. The maximum Gasteiger partial charge on any atom is 0.0727 e. The molecule has 0 spiro atoms. The number of likely N-dealkylation sites (tertiary alicyclic amines) is 1. The zero-order valence-electron chi connectivity index (χ0n) is 14.4. The lowest BCUT2D eigenvalue weighted by Gasteiger charge is -2.20. The third-order valence-corrected chi connectivity index (χ3v) is 4.54. The molecule has 1 aliphatic rings. The fourth-order valence-corrected chi connectivity index (χ4v) is 3.32. The molecule has 124 valence electrons. The van der Waals surface area contributed by atoms with Gasteiger partial charge in [0, 0.05) is 36.9 Å². The summed E-state index contributed by atoms with van der Waals surface area (Å²) < 4.78 is 2.00. The third kappa shape index (κ3) is 3.65. The van der Waals surface area contributed by atoms with Crippen molar-refractivity contribution in [3.05, 3.63) is 47.8 Å². The van der Waals surface area contributed by atoms with E-state index < -0.39 is 0 Å². The van der Waals surface area contributed by atoms with Crippen LogP contribution in [0.1, 0.15) is 38.4 Å². The van der Waals surface area contributed by atoms with E-state index in [2.05, 4.69) is 44.0 Å². The highest BCUT2D eigenvalue weighted by Gasteiger charge is 2.27. The lowest BCUT2D eigenvalue weighted by molar-refractivity contribution is 0.220. The Morgan fingerprint density at radius 1 is 1.22 bits per heavy atom. The fraction of sp³-hybridized carbons (Fsp3) is 0.526. The van der Waals surface area contributed by atoms with E-state index in [9.17, 15) is 5.11 Å². The Kier molecular flexibility index (Phi) is 4.55. The lowest BCUT2D eigenvalue weighted by atomic mass is 9.89. The average Bonchev–Trinajstić information content (AvgIpc) is 3.15. The van der Waals surface area contributed by atoms with Crippen molar-refractivity contribution >= 4 is 0 Å². The molecule has 0 amide bonds. The number of hydrogen-bond acceptors (Lipinski definition) is 3. The Labute approximate surface area is 138 Å². The molecule has 4 nitrogen and oxygen atoms in total. The van der Waals surface area contributed by atoms with Gasteiger partial charge >= 0.3 is 0 Å². The van der Waals surface area contributed by atoms with Crippen molar-refractivity contribution in [1.29, 1.82) is 0 Å². The molecule has 0 aliphatic carbocycles. The number of hydrogen-bond donors (Lipinski definition) is 1. The molecule has 23 heavy (non-hydrogen) atoms. The average molecular weight is 313 g/mol. The zero-order chi connectivity index (χ0) is 16.4. The highest BCUT2D eigenvalue weighted by atomic mass is 16.3. The molecular weight excluding hydrogens is 286 g/mol. The molecular formula is C19H27N3O. The normalized spacial score (nSPS) is 19.4. The molecule has 0 saturated carbocycles. The van der Waals surface area contributed by atoms with Gasteiger partial charge in [-0.25, -0.2) is 4.68 Å². The van der Waals surface area contributed by atoms with Crippen LogP contribution < -0.4 is 0 Å². The van der Waals surface area contributed by atoms with Gasteiger partial charge in [-0.3, -0.25) is 4.90 Å². The molecule has 3 rings (SSSR count). The molecule has 1 saturated heterocycles. The molecule has 2 aromatic rings. The molecule has 1 aromatic carbocycles. The van der Waals surface area contributed by atoms with Crippen LogP contribution in [-0.4, -0.2) is 39.5 Å². The number of rotatable bonds is 4. The smallest absolute Gasteiger partial charge is 0.0727 e. The summed E-state index contributed by atoms with van der Waals surface area (Å²) in [5.41, 5.74) is 3.57. The number of aliphatic hydroxyl groups is 1. The number of aliphatic hydroxyl groups excluding tert-OH is 1. The van der Waals surface area contributed by atoms with E-state index in [1.165, 1.54) is 5.56 Å². The van der Waals surface area contributed by atoms with Gasteiger partial charge in [-0.05, 0) is 31.0 Å². The zero-order valence-corrected chi connectivity index (χ0v) is 14.4. The molecule has 0 bridgehead atoms. The maximum atomic E-state index is 9.34. The van der Waals surface area contributed by atoms with Crippen LogP contribution in [0.15, 0.2) is 36.5 Å². The predicted octanol–water partition coefficient (Wildman–Crippen LogP) is 2.98. The third-order valence-electron chi connectivity index (χ3n) is 4.54. The largest absolute Gasteiger partial charge is 0.396 e. The van der Waals surface area contributed by atoms with Crippen LogP contribution in [0.4, 0.5) is 0 Å². The van der Waals surface area contributed by atoms with Gasteiger partial charge in [-0.1, -0.05) is 39.0 Å². The van der Waals surface area contributed by atoms with Crippen LogP contribution in [-0.2, 0) is 12.0 Å². The molecule has 1 fully saturated rings. The molecule has 4 heteroatoms. The fourth-order valence-electron chi connectivity index (χ4n) is 3.32. The van der Waals surface area contributed by atoms with Gasteiger partial charge in [0.25, 0.3) is 0 Å². The van der Waals surface area contributed by atoms with Crippen molar-refractivity contribution in [2.24, 2.45) is 5.92 Å². The van der Waals surface area contributed by atoms with Gasteiger partial charge in [0.2, 0.25) is 0 Å². The first kappa shape index (κ1) is 16.2. The summed E-state index contributed by atoms with van der Waals surface area (Å²) in [6, 6.07) is 10.3. The maximum absolute atomic E-state index is 9.34. The topological polar surface area (TPSA) is 41.3 Å². The molecule has 0 radical (unpaired) electrons. The first-order chi connectivity index (χ1) is 11.0. The summed E-state index contributed by atoms with van der Waals surface area (Å²) in [4.78, 5) is 2.43. The minimum atomic E-state index is 0.0193. The van der Waals surface area contributed by atoms with Gasteiger partial charge < -0.3 is 5.11 Å². The number of nitrogens with zero attached hydrogens (tertiary/aromatic N) is 3. The molecule has 1 aromatic heterocycles. The van der Waals surface area contributed by atoms with Gasteiger partial charge in [0.1, 0.15) is 0 Å². The minimum absolute atomic E-state index is 0.0193. The first-order valence-electron chi connectivity index (χ1n) is 8.45. The molecule has 1 atom stereocenters. The summed E-state index contributed by atoms with van der Waals surface area (Å²) in [6.07, 6.45) is 3.26. The van der Waals surface area contributed by atoms with E-state index in [4.69, 9.17) is 5.10 Å². The highest BCUT2D eigenvalue weighted by molar-refractivity contribution is 5.34. The Hall–Kier alpha value is -1.65. The van der Waals surface area contributed by atoms with Crippen LogP contribution in [0.3, 0.4) is 0 Å². The SMILES string of the molecule is CC(C)(C)c1nn(-c2ccccc2)cc1CN1CCC(CO)C1. The van der Waals surface area contributed by atoms with Crippen molar-refractivity contribution in [2.75, 3.05) is 19.7 Å². The van der Waals surface area contributed by atoms with Crippen LogP contribution in [0.25, 0.3) is 5.69 Å². The van der Waals surface area contributed by atoms with Crippen LogP contribution in [0, 0.1) is 5.92 Å². The van der Waals surface area contributed by atoms with E-state index in [-0.39, 0.29) is 5.41 Å². The predicted molar refractivity (Wildman–Crippen MR) is 92.7 cm³/mol. The van der Waals surface area contributed by atoms with Crippen molar-refractivity contribution < 1.29 is 5.11 Å². The second kappa shape index (κ2) is 6.46. The van der Waals surface area contributed by atoms with Gasteiger partial charge in [-0.15, -0.1) is 0 Å². The second-order valence-corrected chi connectivity index (χ2v) is 7.61. The van der Waals surface area contributed by atoms with E-state index >= 15 is 0 Å². The molecule has 1 aliphatic heterocycles. The number of para-hydroxylation sites is 1. The number of aromatic nitrogens is 2. The summed E-state index contributed by atoms with van der Waals surface area (Å²) >= 11 is 0. The van der Waals surface area contributed by atoms with Gasteiger partial charge in [0.05, 0.1) is 11.4 Å². The summed E-state index contributed by atoms with van der Waals surface area (Å²) in [5.74, 6) is 0.428. The minimum Gasteiger partial charge on any atom is -0.396 e. The van der Waals surface area contributed by atoms with Crippen LogP contribution >= 0.6 is 0 Å². The standard InChI is InChI=1S/C19H27N3O/c1-19(2,3)18-16(12-21-10-9-15(11-21)14-23)13-22(20-18)17-7-5-4-6-8-17/h4-8,13,15,23H,9-12,14H2,1-3H3. The number of benzene rings is 1. The van der Waals surface area contributed by atoms with E-state index in [1.807, 2.05) is 22.9 Å². The van der Waals surface area contributed by atoms with Crippen molar-refractivity contribution in [1.82, 2.24) is 14.7 Å². The Morgan fingerprint density at radius 3 is 2.57 bits per heavy atom. The Morgan fingerprint density at radius 2 is 1.96 bits per heavy atom. The Bertz CT molecular complexity index is 642. The van der Waals surface area contributed by atoms with Crippen molar-refractivity contribution in [2.45, 2.75) is 39.2 Å². The van der Waals surface area contributed by atoms with E-state index in [0.717, 1.165) is 37.4 Å². The van der Waals surface area contributed by atoms with Crippen molar-refractivity contribution in [3.63, 3.8) is 0 Å². The lowest BCUT2D eigenvalue weighted by Crippen LogP contribution is -2.23. The summed E-state index contributed by atoms with van der Waals surface area (Å²) in [7, 11) is 0. The monoisotopic (exact) mass is 313 g/mol. The van der Waals surface area contributed by atoms with Crippen molar-refractivity contribution in [3.8, 4) is 5.69 Å².